The number of rotatable bonds is 3. The van der Waals surface area contributed by atoms with Crippen molar-refractivity contribution in [2.45, 2.75) is 39.6 Å². The molecule has 3 nitrogen and oxygen atoms in total. The summed E-state index contributed by atoms with van der Waals surface area (Å²) in [7, 11) is 0. The summed E-state index contributed by atoms with van der Waals surface area (Å²) in [4.78, 5) is 0. The minimum atomic E-state index is -0.00935. The molecule has 6 heteroatoms. The molecule has 1 saturated heterocycles. The summed E-state index contributed by atoms with van der Waals surface area (Å²) in [6.45, 7) is 15.9. The molecule has 0 aromatic carbocycles. The fourth-order valence-corrected chi connectivity index (χ4v) is 1.72. The molecule has 3 atom stereocenters. The molecule has 0 aromatic heterocycles. The average molecular weight is 406 g/mol. The third kappa shape index (κ3) is 9.59. The van der Waals surface area contributed by atoms with E-state index in [1.54, 1.807) is 0 Å². The Hall–Kier alpha value is 1.03. The van der Waals surface area contributed by atoms with Crippen molar-refractivity contribution in [1.29, 1.82) is 5.26 Å². The molecule has 0 radical (unpaired) electrons. The van der Waals surface area contributed by atoms with Crippen molar-refractivity contribution in [2.75, 3.05) is 6.61 Å². The van der Waals surface area contributed by atoms with E-state index in [9.17, 15) is 0 Å². The third-order valence-corrected chi connectivity index (χ3v) is 2.28. The molecule has 0 N–H and O–H groups in total. The van der Waals surface area contributed by atoms with Crippen molar-refractivity contribution in [3.05, 3.63) is 13.5 Å². The summed E-state index contributed by atoms with van der Waals surface area (Å²) in [5, 5.41) is 6.25. The molecule has 1 unspecified atom stereocenters. The van der Waals surface area contributed by atoms with Crippen LogP contribution in [0.4, 0.5) is 0 Å². The second-order valence-electron chi connectivity index (χ2n) is 3.73. The van der Waals surface area contributed by atoms with Gasteiger partial charge in [-0.3, -0.25) is 0 Å². The summed E-state index contributed by atoms with van der Waals surface area (Å²) in [6, 6.07) is 0. The van der Waals surface area contributed by atoms with Crippen LogP contribution in [0.5, 0.6) is 0 Å². The fourth-order valence-electron chi connectivity index (χ4n) is 1.72. The number of hydrogen-bond donors (Lipinski definition) is 0. The first-order valence-electron chi connectivity index (χ1n) is 5.24. The Labute approximate surface area is 133 Å². The van der Waals surface area contributed by atoms with Crippen LogP contribution in [-0.4, -0.2) is 19.0 Å². The Balaban J connectivity index is -0.000000355. The maximum atomic E-state index is 6.25. The molecule has 1 heterocycles. The standard InChI is InChI=1S/C10H19O2.CN.BrH.Cu.Zn/c1-5-11-9-6-8(4)10(12-9)7(2)3;1-2;;;/h7-10H,4-6H2,1-3H3;;1H;;/q2*-1;;+1;+2/p-1/t8-,9?,10+;;;;/m1..../s1. The van der Waals surface area contributed by atoms with E-state index in [1.165, 1.54) is 16.3 Å². The second kappa shape index (κ2) is 15.1. The predicted octanol–water partition coefficient (Wildman–Crippen LogP) is 3.18. The van der Waals surface area contributed by atoms with E-state index in [4.69, 9.17) is 21.3 Å². The molecule has 0 spiro atoms. The summed E-state index contributed by atoms with van der Waals surface area (Å²) >= 11 is 4.25. The Bertz CT molecular complexity index is 184. The van der Waals surface area contributed by atoms with Crippen molar-refractivity contribution >= 4 is 13.6 Å². The van der Waals surface area contributed by atoms with Gasteiger partial charge in [0.05, 0.1) is 0 Å². The van der Waals surface area contributed by atoms with Crippen LogP contribution >= 0.6 is 13.6 Å². The van der Waals surface area contributed by atoms with Gasteiger partial charge in [0.15, 0.2) is 6.29 Å². The van der Waals surface area contributed by atoms with E-state index in [0.717, 1.165) is 13.0 Å². The van der Waals surface area contributed by atoms with E-state index >= 15 is 0 Å². The zero-order valence-electron chi connectivity index (χ0n) is 10.6. The minimum absolute atomic E-state index is 0. The normalized spacial score (nSPS) is 26.1. The van der Waals surface area contributed by atoms with Crippen LogP contribution in [0.3, 0.4) is 0 Å². The van der Waals surface area contributed by atoms with Crippen LogP contribution in [0.15, 0.2) is 0 Å². The molecule has 100 valence electrons. The van der Waals surface area contributed by atoms with Crippen molar-refractivity contribution in [2.24, 2.45) is 11.8 Å². The first-order chi connectivity index (χ1) is 7.65. The molecule has 1 fully saturated rings. The number of ether oxygens (including phenoxy) is 2. The average Bonchev–Trinajstić information content (AvgIpc) is 2.66. The van der Waals surface area contributed by atoms with Gasteiger partial charge in [-0.1, -0.05) is 13.8 Å². The molecule has 0 saturated carbocycles. The van der Waals surface area contributed by atoms with Crippen molar-refractivity contribution in [3.63, 3.8) is 0 Å². The van der Waals surface area contributed by atoms with Gasteiger partial charge >= 0.3 is 47.0 Å². The summed E-state index contributed by atoms with van der Waals surface area (Å²) in [5.74, 6) is 0.930. The van der Waals surface area contributed by atoms with Crippen LogP contribution < -0.4 is 0 Å². The Morgan fingerprint density at radius 1 is 1.53 bits per heavy atom. The molecule has 1 rings (SSSR count). The van der Waals surface area contributed by atoms with Crippen LogP contribution in [0.1, 0.15) is 27.2 Å². The molecule has 1 aliphatic rings. The Morgan fingerprint density at radius 3 is 2.29 bits per heavy atom. The summed E-state index contributed by atoms with van der Waals surface area (Å²) < 4.78 is 11.1. The third-order valence-electron chi connectivity index (χ3n) is 2.28. The zero-order valence-corrected chi connectivity index (χ0v) is 16.1. The molecule has 0 amide bonds. The van der Waals surface area contributed by atoms with Crippen molar-refractivity contribution in [1.82, 2.24) is 0 Å². The quantitative estimate of drug-likeness (QED) is 0.534. The van der Waals surface area contributed by atoms with Gasteiger partial charge in [-0.15, -0.1) is 5.92 Å². The van der Waals surface area contributed by atoms with Crippen LogP contribution in [0.2, 0.25) is 0 Å². The van der Waals surface area contributed by atoms with E-state index in [1.807, 2.05) is 6.92 Å². The van der Waals surface area contributed by atoms with Crippen LogP contribution in [0.25, 0.3) is 0 Å². The molecular weight excluding hydrogens is 387 g/mol. The Morgan fingerprint density at radius 2 is 2.00 bits per heavy atom. The van der Waals surface area contributed by atoms with E-state index in [-0.39, 0.29) is 29.5 Å². The van der Waals surface area contributed by atoms with E-state index < -0.39 is 0 Å². The number of halogens is 1. The first kappa shape index (κ1) is 23.2. The molecule has 0 aromatic rings. The van der Waals surface area contributed by atoms with Gasteiger partial charge in [0.1, 0.15) is 0 Å². The predicted molar refractivity (Wildman–Crippen MR) is 62.5 cm³/mol. The van der Waals surface area contributed by atoms with Crippen LogP contribution in [-0.2, 0) is 42.9 Å². The molecule has 1 aliphatic heterocycles. The van der Waals surface area contributed by atoms with Crippen molar-refractivity contribution < 1.29 is 42.9 Å². The SMILES string of the molecule is [C-]#N.[CH2-][C@@H]1CC(OCC)O[C@H]1C(C)C.[Cu+].[Zn+][Br]. The molecule has 17 heavy (non-hydrogen) atoms. The van der Waals surface area contributed by atoms with Gasteiger partial charge in [-0.2, -0.15) is 0 Å². The van der Waals surface area contributed by atoms with Gasteiger partial charge in [0.25, 0.3) is 0 Å². The monoisotopic (exact) mass is 403 g/mol. The van der Waals surface area contributed by atoms with Gasteiger partial charge < -0.3 is 28.2 Å². The molecule has 0 aliphatic carbocycles. The number of hydrogen-bond acceptors (Lipinski definition) is 3. The van der Waals surface area contributed by atoms with Crippen LogP contribution in [0, 0.1) is 30.6 Å². The maximum absolute atomic E-state index is 6.25. The summed E-state index contributed by atoms with van der Waals surface area (Å²) in [5.41, 5.74) is 0. The molecule has 0 bridgehead atoms. The second-order valence-corrected chi connectivity index (χ2v) is 3.73. The summed E-state index contributed by atoms with van der Waals surface area (Å²) in [6.07, 6.45) is 1.21. The zero-order chi connectivity index (χ0) is 13.1. The van der Waals surface area contributed by atoms with Gasteiger partial charge in [-0.05, 0) is 19.3 Å². The van der Waals surface area contributed by atoms with E-state index in [2.05, 4.69) is 34.4 Å². The topological polar surface area (TPSA) is 42.2 Å². The Kier molecular flexibility index (Phi) is 20.6. The van der Waals surface area contributed by atoms with Gasteiger partial charge in [-0.25, -0.2) is 0 Å². The molecular formula is C11H19BrCuNO2Zn. The van der Waals surface area contributed by atoms with Gasteiger partial charge in [0, 0.05) is 12.7 Å². The number of nitrogens with zero attached hydrogens (tertiary/aromatic N) is 1. The van der Waals surface area contributed by atoms with E-state index in [0.29, 0.717) is 11.8 Å². The van der Waals surface area contributed by atoms with Crippen molar-refractivity contribution in [3.8, 4) is 0 Å². The first-order valence-corrected chi connectivity index (χ1v) is 12.2. The van der Waals surface area contributed by atoms with Gasteiger partial charge in [0.2, 0.25) is 0 Å². The fraction of sp³-hybridized carbons (Fsp3) is 0.818.